The standard InChI is InChI=1S/C12H12/c1-3-7-11(8-4-1)12-9-5-2-6-10-12/h1-5,7-9H,6,10H2/i10D2. The molecule has 0 bridgehead atoms. The normalized spacial score (nSPS) is 22.5. The Bertz CT molecular complexity index is 375. The van der Waals surface area contributed by atoms with E-state index >= 15 is 0 Å². The molecule has 0 N–H and O–H groups in total. The minimum absolute atomic E-state index is 0.466. The molecule has 0 fully saturated rings. The summed E-state index contributed by atoms with van der Waals surface area (Å²) in [6.45, 7) is 0. The fraction of sp³-hybridized carbons (Fsp3) is 0.167. The molecule has 0 atom stereocenters. The van der Waals surface area contributed by atoms with Gasteiger partial charge in [-0.3, -0.25) is 0 Å². The molecule has 0 aliphatic heterocycles. The Balaban J connectivity index is 2.43. The van der Waals surface area contributed by atoms with E-state index < -0.39 is 6.37 Å². The van der Waals surface area contributed by atoms with E-state index in [1.807, 2.05) is 48.6 Å². The Morgan fingerprint density at radius 1 is 1.17 bits per heavy atom. The predicted octanol–water partition coefficient (Wildman–Crippen LogP) is 3.42. The molecular weight excluding hydrogens is 144 g/mol. The van der Waals surface area contributed by atoms with Crippen molar-refractivity contribution in [1.82, 2.24) is 0 Å². The minimum Gasteiger partial charge on any atom is -0.0842 e. The zero-order chi connectivity index (χ0) is 10.0. The van der Waals surface area contributed by atoms with Crippen LogP contribution < -0.4 is 0 Å². The summed E-state index contributed by atoms with van der Waals surface area (Å²) in [6, 6.07) is 9.71. The van der Waals surface area contributed by atoms with Crippen LogP contribution in [0.4, 0.5) is 0 Å². The van der Waals surface area contributed by atoms with Crippen molar-refractivity contribution < 1.29 is 2.74 Å². The Hall–Kier alpha value is -1.30. The summed E-state index contributed by atoms with van der Waals surface area (Å²) in [5.41, 5.74) is 1.75. The second-order valence-electron chi connectivity index (χ2n) is 2.76. The molecule has 2 rings (SSSR count). The van der Waals surface area contributed by atoms with Crippen molar-refractivity contribution in [2.45, 2.75) is 12.8 Å². The van der Waals surface area contributed by atoms with Gasteiger partial charge in [0.05, 0.1) is 0 Å². The van der Waals surface area contributed by atoms with E-state index in [4.69, 9.17) is 2.74 Å². The molecule has 1 aliphatic carbocycles. The van der Waals surface area contributed by atoms with Crippen LogP contribution in [0.1, 0.15) is 21.1 Å². The van der Waals surface area contributed by atoms with E-state index in [0.29, 0.717) is 6.42 Å². The van der Waals surface area contributed by atoms with Crippen LogP contribution in [0.2, 0.25) is 0 Å². The van der Waals surface area contributed by atoms with Gasteiger partial charge in [0.2, 0.25) is 0 Å². The van der Waals surface area contributed by atoms with Crippen molar-refractivity contribution in [1.29, 1.82) is 0 Å². The zero-order valence-corrected chi connectivity index (χ0v) is 6.83. The lowest BCUT2D eigenvalue weighted by Crippen LogP contribution is -1.86. The number of hydrogen-bond acceptors (Lipinski definition) is 0. The maximum atomic E-state index is 7.87. The second-order valence-corrected chi connectivity index (χ2v) is 2.76. The summed E-state index contributed by atoms with van der Waals surface area (Å²) < 4.78 is 15.7. The van der Waals surface area contributed by atoms with E-state index in [1.54, 1.807) is 0 Å². The summed E-state index contributed by atoms with van der Waals surface area (Å²) in [7, 11) is 0. The van der Waals surface area contributed by atoms with Crippen molar-refractivity contribution in [3.63, 3.8) is 0 Å². The quantitative estimate of drug-likeness (QED) is 0.587. The molecule has 0 amide bonds. The predicted molar refractivity (Wildman–Crippen MR) is 52.8 cm³/mol. The first-order chi connectivity index (χ1) is 6.70. The third-order valence-corrected chi connectivity index (χ3v) is 1.89. The SMILES string of the molecule is [2H]C1([2H])CC=CC=C1c1ccccc1. The first kappa shape index (κ1) is 5.36. The number of benzene rings is 1. The molecule has 0 radical (unpaired) electrons. The van der Waals surface area contributed by atoms with Crippen LogP contribution in [0.5, 0.6) is 0 Å². The molecule has 1 aromatic rings. The lowest BCUT2D eigenvalue weighted by Gasteiger charge is -2.08. The smallest absolute Gasteiger partial charge is 0.0319 e. The summed E-state index contributed by atoms with van der Waals surface area (Å²) in [5.74, 6) is 0. The van der Waals surface area contributed by atoms with Gasteiger partial charge in [0.15, 0.2) is 0 Å². The number of rotatable bonds is 1. The summed E-state index contributed by atoms with van der Waals surface area (Å²) in [4.78, 5) is 0. The van der Waals surface area contributed by atoms with Crippen LogP contribution in [0.15, 0.2) is 48.6 Å². The molecule has 0 unspecified atom stereocenters. The fourth-order valence-corrected chi connectivity index (χ4v) is 1.28. The second kappa shape index (κ2) is 3.40. The third kappa shape index (κ3) is 1.48. The van der Waals surface area contributed by atoms with E-state index in [0.717, 1.165) is 11.1 Å². The Morgan fingerprint density at radius 3 is 2.75 bits per heavy atom. The average Bonchev–Trinajstić information content (AvgIpc) is 2.18. The van der Waals surface area contributed by atoms with E-state index in [-0.39, 0.29) is 0 Å². The Labute approximate surface area is 76.0 Å². The first-order valence-corrected chi connectivity index (χ1v) is 4.13. The fourth-order valence-electron chi connectivity index (χ4n) is 1.28. The van der Waals surface area contributed by atoms with Gasteiger partial charge in [0, 0.05) is 2.74 Å². The molecule has 0 aromatic heterocycles. The molecule has 1 aliphatic rings. The monoisotopic (exact) mass is 158 g/mol. The van der Waals surface area contributed by atoms with Gasteiger partial charge in [-0.15, -0.1) is 0 Å². The van der Waals surface area contributed by atoms with E-state index in [2.05, 4.69) is 0 Å². The topological polar surface area (TPSA) is 0 Å². The van der Waals surface area contributed by atoms with Crippen molar-refractivity contribution >= 4 is 5.57 Å². The van der Waals surface area contributed by atoms with Crippen molar-refractivity contribution in [2.75, 3.05) is 0 Å². The van der Waals surface area contributed by atoms with Gasteiger partial charge in [0.25, 0.3) is 0 Å². The van der Waals surface area contributed by atoms with Gasteiger partial charge in [-0.2, -0.15) is 0 Å². The van der Waals surface area contributed by atoms with Crippen molar-refractivity contribution in [2.24, 2.45) is 0 Å². The van der Waals surface area contributed by atoms with Gasteiger partial charge in [-0.05, 0) is 23.9 Å². The van der Waals surface area contributed by atoms with Gasteiger partial charge in [0.1, 0.15) is 0 Å². The molecular formula is C12H12. The highest BCUT2D eigenvalue weighted by molar-refractivity contribution is 5.67. The maximum Gasteiger partial charge on any atom is 0.0319 e. The largest absolute Gasteiger partial charge is 0.0842 e. The lowest BCUT2D eigenvalue weighted by molar-refractivity contribution is 1.05. The lowest BCUT2D eigenvalue weighted by atomic mass is 9.98. The maximum absolute atomic E-state index is 7.87. The van der Waals surface area contributed by atoms with Crippen LogP contribution in [-0.4, -0.2) is 0 Å². The summed E-state index contributed by atoms with van der Waals surface area (Å²) >= 11 is 0. The highest BCUT2D eigenvalue weighted by atomic mass is 14.1. The third-order valence-electron chi connectivity index (χ3n) is 1.89. The van der Waals surface area contributed by atoms with Crippen LogP contribution >= 0.6 is 0 Å². The number of hydrogen-bond donors (Lipinski definition) is 0. The Morgan fingerprint density at radius 2 is 2.00 bits per heavy atom. The Kier molecular flexibility index (Phi) is 1.52. The molecule has 0 heterocycles. The molecule has 60 valence electrons. The minimum atomic E-state index is -1.23. The van der Waals surface area contributed by atoms with Crippen LogP contribution in [0.25, 0.3) is 5.57 Å². The molecule has 0 heteroatoms. The molecule has 12 heavy (non-hydrogen) atoms. The first-order valence-electron chi connectivity index (χ1n) is 5.13. The van der Waals surface area contributed by atoms with E-state index in [9.17, 15) is 0 Å². The van der Waals surface area contributed by atoms with Crippen LogP contribution in [0.3, 0.4) is 0 Å². The summed E-state index contributed by atoms with van der Waals surface area (Å²) in [6.07, 6.45) is 4.89. The number of allylic oxidation sites excluding steroid dienone is 4. The highest BCUT2D eigenvalue weighted by Crippen LogP contribution is 2.22. The van der Waals surface area contributed by atoms with Crippen LogP contribution in [0, 0.1) is 0 Å². The van der Waals surface area contributed by atoms with Crippen molar-refractivity contribution in [3.8, 4) is 0 Å². The average molecular weight is 158 g/mol. The molecule has 0 saturated carbocycles. The molecule has 1 aromatic carbocycles. The van der Waals surface area contributed by atoms with Crippen molar-refractivity contribution in [3.05, 3.63) is 54.1 Å². The highest BCUT2D eigenvalue weighted by Gasteiger charge is 2.00. The van der Waals surface area contributed by atoms with Gasteiger partial charge >= 0.3 is 0 Å². The van der Waals surface area contributed by atoms with Gasteiger partial charge in [-0.25, -0.2) is 0 Å². The zero-order valence-electron chi connectivity index (χ0n) is 8.83. The van der Waals surface area contributed by atoms with E-state index in [1.165, 1.54) is 0 Å². The molecule has 0 spiro atoms. The molecule has 0 saturated heterocycles. The van der Waals surface area contributed by atoms with Gasteiger partial charge < -0.3 is 0 Å². The van der Waals surface area contributed by atoms with Crippen LogP contribution in [-0.2, 0) is 0 Å². The molecule has 0 nitrogen and oxygen atoms in total. The van der Waals surface area contributed by atoms with Gasteiger partial charge in [-0.1, -0.05) is 48.6 Å². The summed E-state index contributed by atoms with van der Waals surface area (Å²) in [5, 5.41) is 0.